The molecule has 3 rings (SSSR count). The summed E-state index contributed by atoms with van der Waals surface area (Å²) in [7, 11) is 0. The first-order valence-corrected chi connectivity index (χ1v) is 8.64. The van der Waals surface area contributed by atoms with Crippen molar-refractivity contribution >= 4 is 23.3 Å². The lowest BCUT2D eigenvalue weighted by Crippen LogP contribution is -2.34. The Kier molecular flexibility index (Phi) is 5.53. The van der Waals surface area contributed by atoms with E-state index in [4.69, 9.17) is 16.1 Å². The van der Waals surface area contributed by atoms with Crippen LogP contribution in [0, 0.1) is 6.92 Å². The summed E-state index contributed by atoms with van der Waals surface area (Å²) < 4.78 is 5.28. The number of benzene rings is 2. The van der Waals surface area contributed by atoms with E-state index < -0.39 is 0 Å². The standard InChI is InChI=1S/C19H19ClN4O2/c1-3-24(19(25)21-16-10-4-13(2)5-11-16)12-17-22-18(23-26-17)14-6-8-15(20)9-7-14/h4-11H,3,12H2,1-2H3,(H,21,25). The Balaban J connectivity index is 1.67. The first-order chi connectivity index (χ1) is 12.5. The van der Waals surface area contributed by atoms with Gasteiger partial charge in [-0.25, -0.2) is 4.79 Å². The van der Waals surface area contributed by atoms with Gasteiger partial charge in [-0.05, 0) is 50.2 Å². The fraction of sp³-hybridized carbons (Fsp3) is 0.211. The van der Waals surface area contributed by atoms with Crippen molar-refractivity contribution in [1.82, 2.24) is 15.0 Å². The number of nitrogens with one attached hydrogen (secondary N) is 1. The Labute approximate surface area is 156 Å². The lowest BCUT2D eigenvalue weighted by atomic mass is 10.2. The van der Waals surface area contributed by atoms with E-state index >= 15 is 0 Å². The van der Waals surface area contributed by atoms with Crippen molar-refractivity contribution in [3.8, 4) is 11.4 Å². The van der Waals surface area contributed by atoms with Gasteiger partial charge in [0.1, 0.15) is 6.54 Å². The number of hydrogen-bond acceptors (Lipinski definition) is 4. The zero-order valence-electron chi connectivity index (χ0n) is 14.6. The molecule has 3 aromatic rings. The number of rotatable bonds is 5. The number of aryl methyl sites for hydroxylation is 1. The van der Waals surface area contributed by atoms with Crippen LogP contribution in [0.2, 0.25) is 5.02 Å². The van der Waals surface area contributed by atoms with E-state index in [1.54, 1.807) is 17.0 Å². The van der Waals surface area contributed by atoms with E-state index in [-0.39, 0.29) is 12.6 Å². The first kappa shape index (κ1) is 17.9. The molecule has 0 fully saturated rings. The smallest absolute Gasteiger partial charge is 0.322 e. The second-order valence-electron chi connectivity index (χ2n) is 5.83. The molecule has 0 atom stereocenters. The van der Waals surface area contributed by atoms with Gasteiger partial charge < -0.3 is 14.7 Å². The number of nitrogens with zero attached hydrogens (tertiary/aromatic N) is 3. The van der Waals surface area contributed by atoms with Gasteiger partial charge in [-0.15, -0.1) is 0 Å². The van der Waals surface area contributed by atoms with Crippen LogP contribution in [0.1, 0.15) is 18.4 Å². The first-order valence-electron chi connectivity index (χ1n) is 8.26. The Morgan fingerprint density at radius 3 is 2.50 bits per heavy atom. The number of aromatic nitrogens is 2. The molecule has 2 amide bonds. The summed E-state index contributed by atoms with van der Waals surface area (Å²) in [4.78, 5) is 18.4. The Morgan fingerprint density at radius 1 is 1.15 bits per heavy atom. The van der Waals surface area contributed by atoms with Crippen molar-refractivity contribution in [2.24, 2.45) is 0 Å². The Hall–Kier alpha value is -2.86. The maximum absolute atomic E-state index is 12.5. The molecule has 0 aliphatic heterocycles. The van der Waals surface area contributed by atoms with E-state index in [0.29, 0.717) is 23.3 Å². The molecule has 6 nitrogen and oxygen atoms in total. The van der Waals surface area contributed by atoms with Crippen LogP contribution in [0.4, 0.5) is 10.5 Å². The van der Waals surface area contributed by atoms with Gasteiger partial charge in [-0.3, -0.25) is 0 Å². The minimum Gasteiger partial charge on any atom is -0.337 e. The number of hydrogen-bond donors (Lipinski definition) is 1. The van der Waals surface area contributed by atoms with Crippen LogP contribution in [0.25, 0.3) is 11.4 Å². The average molecular weight is 371 g/mol. The van der Waals surface area contributed by atoms with E-state index in [2.05, 4.69) is 15.5 Å². The third-order valence-corrected chi connectivity index (χ3v) is 4.12. The van der Waals surface area contributed by atoms with Crippen molar-refractivity contribution in [2.75, 3.05) is 11.9 Å². The van der Waals surface area contributed by atoms with E-state index in [1.807, 2.05) is 50.2 Å². The van der Waals surface area contributed by atoms with Crippen molar-refractivity contribution in [2.45, 2.75) is 20.4 Å². The minimum absolute atomic E-state index is 0.220. The summed E-state index contributed by atoms with van der Waals surface area (Å²) in [5.41, 5.74) is 2.68. The van der Waals surface area contributed by atoms with E-state index in [0.717, 1.165) is 16.8 Å². The Bertz CT molecular complexity index is 875. The lowest BCUT2D eigenvalue weighted by molar-refractivity contribution is 0.203. The van der Waals surface area contributed by atoms with Crippen LogP contribution in [0.5, 0.6) is 0 Å². The molecule has 0 spiro atoms. The van der Waals surface area contributed by atoms with Crippen molar-refractivity contribution in [3.05, 3.63) is 65.0 Å². The van der Waals surface area contributed by atoms with Gasteiger partial charge in [0, 0.05) is 22.8 Å². The van der Waals surface area contributed by atoms with Crippen molar-refractivity contribution < 1.29 is 9.32 Å². The van der Waals surface area contributed by atoms with Crippen LogP contribution in [0.15, 0.2) is 53.1 Å². The highest BCUT2D eigenvalue weighted by Crippen LogP contribution is 2.19. The molecule has 0 aliphatic rings. The maximum Gasteiger partial charge on any atom is 0.322 e. The fourth-order valence-corrected chi connectivity index (χ4v) is 2.49. The number of carbonyl (C=O) groups is 1. The number of amides is 2. The SMILES string of the molecule is CCN(Cc1nc(-c2ccc(Cl)cc2)no1)C(=O)Nc1ccc(C)cc1. The van der Waals surface area contributed by atoms with Crippen molar-refractivity contribution in [1.29, 1.82) is 0 Å². The van der Waals surface area contributed by atoms with Gasteiger partial charge in [0.15, 0.2) is 0 Å². The predicted molar refractivity (Wildman–Crippen MR) is 101 cm³/mol. The summed E-state index contributed by atoms with van der Waals surface area (Å²) in [6.45, 7) is 4.63. The van der Waals surface area contributed by atoms with E-state index in [9.17, 15) is 4.79 Å². The number of anilines is 1. The lowest BCUT2D eigenvalue weighted by Gasteiger charge is -2.19. The largest absolute Gasteiger partial charge is 0.337 e. The molecule has 0 bridgehead atoms. The van der Waals surface area contributed by atoms with Gasteiger partial charge in [0.2, 0.25) is 11.7 Å². The van der Waals surface area contributed by atoms with E-state index in [1.165, 1.54) is 0 Å². The highest BCUT2D eigenvalue weighted by molar-refractivity contribution is 6.30. The molecule has 7 heteroatoms. The molecule has 0 aliphatic carbocycles. The molecule has 26 heavy (non-hydrogen) atoms. The van der Waals surface area contributed by atoms with Crippen LogP contribution < -0.4 is 5.32 Å². The van der Waals surface area contributed by atoms with Gasteiger partial charge in [0.05, 0.1) is 0 Å². The summed E-state index contributed by atoms with van der Waals surface area (Å²) >= 11 is 5.89. The number of carbonyl (C=O) groups excluding carboxylic acids is 1. The predicted octanol–water partition coefficient (Wildman–Crippen LogP) is 4.75. The highest BCUT2D eigenvalue weighted by Gasteiger charge is 2.17. The second kappa shape index (κ2) is 8.01. The monoisotopic (exact) mass is 370 g/mol. The second-order valence-corrected chi connectivity index (χ2v) is 6.27. The van der Waals surface area contributed by atoms with Gasteiger partial charge >= 0.3 is 6.03 Å². The highest BCUT2D eigenvalue weighted by atomic mass is 35.5. The van der Waals surface area contributed by atoms with Gasteiger partial charge in [0.25, 0.3) is 0 Å². The van der Waals surface area contributed by atoms with Crippen LogP contribution in [-0.2, 0) is 6.54 Å². The molecule has 134 valence electrons. The number of urea groups is 1. The third-order valence-electron chi connectivity index (χ3n) is 3.87. The molecule has 0 radical (unpaired) electrons. The fourth-order valence-electron chi connectivity index (χ4n) is 2.37. The van der Waals surface area contributed by atoms with Gasteiger partial charge in [-0.2, -0.15) is 4.98 Å². The van der Waals surface area contributed by atoms with Crippen molar-refractivity contribution in [3.63, 3.8) is 0 Å². The minimum atomic E-state index is -0.220. The summed E-state index contributed by atoms with van der Waals surface area (Å²) in [6, 6.07) is 14.6. The molecule has 0 unspecified atom stereocenters. The molecular weight excluding hydrogens is 352 g/mol. The normalized spacial score (nSPS) is 10.6. The van der Waals surface area contributed by atoms with Crippen LogP contribution in [0.3, 0.4) is 0 Å². The van der Waals surface area contributed by atoms with Gasteiger partial charge in [-0.1, -0.05) is 34.5 Å². The molecular formula is C19H19ClN4O2. The van der Waals surface area contributed by atoms with Crippen LogP contribution >= 0.6 is 11.6 Å². The third kappa shape index (κ3) is 4.40. The zero-order chi connectivity index (χ0) is 18.5. The molecule has 2 aromatic carbocycles. The molecule has 0 saturated carbocycles. The molecule has 1 heterocycles. The summed E-state index contributed by atoms with van der Waals surface area (Å²) in [6.07, 6.45) is 0. The van der Waals surface area contributed by atoms with Crippen LogP contribution in [-0.4, -0.2) is 27.6 Å². The summed E-state index contributed by atoms with van der Waals surface area (Å²) in [5.74, 6) is 0.836. The molecule has 1 aromatic heterocycles. The number of halogens is 1. The topological polar surface area (TPSA) is 71.3 Å². The Morgan fingerprint density at radius 2 is 1.85 bits per heavy atom. The molecule has 1 N–H and O–H groups in total. The maximum atomic E-state index is 12.5. The average Bonchev–Trinajstić information content (AvgIpc) is 3.11. The summed E-state index contributed by atoms with van der Waals surface area (Å²) in [5, 5.41) is 7.48. The molecule has 0 saturated heterocycles. The quantitative estimate of drug-likeness (QED) is 0.703. The zero-order valence-corrected chi connectivity index (χ0v) is 15.3.